The number of carbonyl (C=O) groups is 1. The van der Waals surface area contributed by atoms with Gasteiger partial charge in [0.05, 0.1) is 17.7 Å². The third-order valence-corrected chi connectivity index (χ3v) is 5.85. The van der Waals surface area contributed by atoms with Crippen molar-refractivity contribution < 1.29 is 13.9 Å². The van der Waals surface area contributed by atoms with E-state index in [0.717, 1.165) is 60.4 Å². The molecule has 0 bridgehead atoms. The number of aryl methyl sites for hydroxylation is 1. The number of rotatable bonds is 5. The van der Waals surface area contributed by atoms with E-state index in [1.807, 2.05) is 53.6 Å². The number of benzene rings is 1. The molecule has 0 unspecified atom stereocenters. The summed E-state index contributed by atoms with van der Waals surface area (Å²) in [5.41, 5.74) is 1.88. The Hall–Kier alpha value is -2.64. The number of amides is 1. The maximum Gasteiger partial charge on any atom is 0.264 e. The number of thiophene rings is 1. The molecule has 0 saturated carbocycles. The van der Waals surface area contributed by atoms with Crippen molar-refractivity contribution >= 4 is 17.2 Å². The van der Waals surface area contributed by atoms with Crippen LogP contribution in [0.25, 0.3) is 11.5 Å². The minimum atomic E-state index is 0.133. The van der Waals surface area contributed by atoms with Crippen LogP contribution in [0.15, 0.2) is 46.2 Å². The maximum atomic E-state index is 12.5. The Morgan fingerprint density at radius 3 is 2.57 bits per heavy atom. The van der Waals surface area contributed by atoms with Crippen LogP contribution in [-0.4, -0.2) is 54.0 Å². The molecule has 0 radical (unpaired) electrons. The van der Waals surface area contributed by atoms with E-state index in [9.17, 15) is 4.79 Å². The number of oxazole rings is 1. The normalized spacial score (nSPS) is 15.0. The molecule has 28 heavy (non-hydrogen) atoms. The predicted molar refractivity (Wildman–Crippen MR) is 109 cm³/mol. The van der Waals surface area contributed by atoms with Gasteiger partial charge in [-0.3, -0.25) is 9.69 Å². The number of piperazine rings is 1. The summed E-state index contributed by atoms with van der Waals surface area (Å²) in [6.07, 6.45) is 0. The largest absolute Gasteiger partial charge is 0.497 e. The van der Waals surface area contributed by atoms with Gasteiger partial charge in [-0.15, -0.1) is 11.3 Å². The van der Waals surface area contributed by atoms with Crippen molar-refractivity contribution in [1.29, 1.82) is 0 Å². The third kappa shape index (κ3) is 3.95. The second-order valence-electron chi connectivity index (χ2n) is 6.80. The van der Waals surface area contributed by atoms with Gasteiger partial charge in [0.15, 0.2) is 0 Å². The molecule has 1 aromatic carbocycles. The van der Waals surface area contributed by atoms with Gasteiger partial charge in [0.2, 0.25) is 5.89 Å². The van der Waals surface area contributed by atoms with E-state index in [1.54, 1.807) is 7.11 Å². The van der Waals surface area contributed by atoms with Crippen molar-refractivity contribution in [2.45, 2.75) is 13.5 Å². The highest BCUT2D eigenvalue weighted by Gasteiger charge is 2.24. The number of hydrogen-bond acceptors (Lipinski definition) is 6. The second-order valence-corrected chi connectivity index (χ2v) is 7.74. The molecular formula is C21H23N3O3S. The first-order valence-electron chi connectivity index (χ1n) is 9.30. The molecule has 1 amide bonds. The monoisotopic (exact) mass is 397 g/mol. The van der Waals surface area contributed by atoms with Gasteiger partial charge >= 0.3 is 0 Å². The molecule has 1 aliphatic rings. The molecule has 0 aliphatic carbocycles. The van der Waals surface area contributed by atoms with Gasteiger partial charge in [0, 0.05) is 38.3 Å². The molecule has 0 spiro atoms. The summed E-state index contributed by atoms with van der Waals surface area (Å²) in [6, 6.07) is 11.5. The van der Waals surface area contributed by atoms with Crippen LogP contribution < -0.4 is 4.74 Å². The number of aromatic nitrogens is 1. The Bertz CT molecular complexity index is 926. The first kappa shape index (κ1) is 18.7. The van der Waals surface area contributed by atoms with Crippen LogP contribution in [0.1, 0.15) is 21.1 Å². The van der Waals surface area contributed by atoms with Gasteiger partial charge < -0.3 is 14.1 Å². The van der Waals surface area contributed by atoms with Gasteiger partial charge in [-0.05, 0) is 42.6 Å². The number of hydrogen-bond donors (Lipinski definition) is 0. The predicted octanol–water partition coefficient (Wildman–Crippen LogP) is 3.68. The summed E-state index contributed by atoms with van der Waals surface area (Å²) in [5, 5.41) is 1.94. The van der Waals surface area contributed by atoms with E-state index in [-0.39, 0.29) is 5.91 Å². The van der Waals surface area contributed by atoms with Crippen molar-refractivity contribution in [2.24, 2.45) is 0 Å². The SMILES string of the molecule is COc1ccc(-c2nc(CN3CCN(C(=O)c4cccs4)CC3)c(C)o2)cc1. The summed E-state index contributed by atoms with van der Waals surface area (Å²) in [6.45, 7) is 5.82. The molecule has 1 fully saturated rings. The number of carbonyl (C=O) groups excluding carboxylic acids is 1. The first-order chi connectivity index (χ1) is 13.6. The molecule has 7 heteroatoms. The van der Waals surface area contributed by atoms with Gasteiger partial charge in [-0.1, -0.05) is 6.07 Å². The lowest BCUT2D eigenvalue weighted by Crippen LogP contribution is -2.48. The molecule has 146 valence electrons. The zero-order valence-corrected chi connectivity index (χ0v) is 16.9. The van der Waals surface area contributed by atoms with Gasteiger partial charge in [0.25, 0.3) is 5.91 Å². The highest BCUT2D eigenvalue weighted by atomic mass is 32.1. The third-order valence-electron chi connectivity index (χ3n) is 4.99. The summed E-state index contributed by atoms with van der Waals surface area (Å²) < 4.78 is 11.1. The van der Waals surface area contributed by atoms with Crippen LogP contribution in [0.5, 0.6) is 5.75 Å². The van der Waals surface area contributed by atoms with E-state index in [1.165, 1.54) is 11.3 Å². The number of ether oxygens (including phenoxy) is 1. The van der Waals surface area contributed by atoms with Crippen LogP contribution in [0.4, 0.5) is 0 Å². The van der Waals surface area contributed by atoms with Crippen LogP contribution in [-0.2, 0) is 6.54 Å². The fourth-order valence-electron chi connectivity index (χ4n) is 3.31. The molecule has 0 atom stereocenters. The molecule has 2 aromatic heterocycles. The van der Waals surface area contributed by atoms with E-state index in [2.05, 4.69) is 4.90 Å². The molecule has 1 aliphatic heterocycles. The Balaban J connectivity index is 1.37. The minimum absolute atomic E-state index is 0.133. The Labute approximate surface area is 168 Å². The zero-order chi connectivity index (χ0) is 19.5. The highest BCUT2D eigenvalue weighted by Crippen LogP contribution is 2.25. The van der Waals surface area contributed by atoms with E-state index >= 15 is 0 Å². The topological polar surface area (TPSA) is 58.8 Å². The Morgan fingerprint density at radius 1 is 1.18 bits per heavy atom. The van der Waals surface area contributed by atoms with Crippen molar-refractivity contribution in [3.8, 4) is 17.2 Å². The highest BCUT2D eigenvalue weighted by molar-refractivity contribution is 7.12. The molecular weight excluding hydrogens is 374 g/mol. The Morgan fingerprint density at radius 2 is 1.93 bits per heavy atom. The summed E-state index contributed by atoms with van der Waals surface area (Å²) in [5.74, 6) is 2.40. The fourth-order valence-corrected chi connectivity index (χ4v) is 4.00. The zero-order valence-electron chi connectivity index (χ0n) is 16.1. The molecule has 3 aromatic rings. The average molecular weight is 398 g/mol. The molecule has 1 saturated heterocycles. The van der Waals surface area contributed by atoms with Crippen molar-refractivity contribution in [1.82, 2.24) is 14.8 Å². The quantitative estimate of drug-likeness (QED) is 0.657. The smallest absolute Gasteiger partial charge is 0.264 e. The lowest BCUT2D eigenvalue weighted by Gasteiger charge is -2.34. The van der Waals surface area contributed by atoms with E-state index in [0.29, 0.717) is 5.89 Å². The maximum absolute atomic E-state index is 12.5. The summed E-state index contributed by atoms with van der Waals surface area (Å²) in [7, 11) is 1.65. The molecule has 0 N–H and O–H groups in total. The van der Waals surface area contributed by atoms with Crippen molar-refractivity contribution in [3.05, 3.63) is 58.1 Å². The van der Waals surface area contributed by atoms with E-state index in [4.69, 9.17) is 14.1 Å². The lowest BCUT2D eigenvalue weighted by atomic mass is 10.2. The Kier molecular flexibility index (Phi) is 5.45. The van der Waals surface area contributed by atoms with Gasteiger partial charge in [-0.2, -0.15) is 0 Å². The standard InChI is InChI=1S/C21H23N3O3S/c1-15-18(22-20(27-15)16-5-7-17(26-2)8-6-16)14-23-9-11-24(12-10-23)21(25)19-4-3-13-28-19/h3-8,13H,9-12,14H2,1-2H3. The van der Waals surface area contributed by atoms with Gasteiger partial charge in [0.1, 0.15) is 11.5 Å². The summed E-state index contributed by atoms with van der Waals surface area (Å²) in [4.78, 5) is 22.2. The number of nitrogens with zero attached hydrogens (tertiary/aromatic N) is 3. The van der Waals surface area contributed by atoms with Crippen molar-refractivity contribution in [2.75, 3.05) is 33.3 Å². The minimum Gasteiger partial charge on any atom is -0.497 e. The van der Waals surface area contributed by atoms with Crippen molar-refractivity contribution in [3.63, 3.8) is 0 Å². The van der Waals surface area contributed by atoms with E-state index < -0.39 is 0 Å². The molecule has 3 heterocycles. The van der Waals surface area contributed by atoms with Gasteiger partial charge in [-0.25, -0.2) is 4.98 Å². The lowest BCUT2D eigenvalue weighted by molar-refractivity contribution is 0.0631. The average Bonchev–Trinajstić information content (AvgIpc) is 3.39. The van der Waals surface area contributed by atoms with Crippen LogP contribution in [0.3, 0.4) is 0 Å². The fraction of sp³-hybridized carbons (Fsp3) is 0.333. The molecule has 6 nitrogen and oxygen atoms in total. The summed E-state index contributed by atoms with van der Waals surface area (Å²) >= 11 is 1.50. The van der Waals surface area contributed by atoms with Crippen LogP contribution >= 0.6 is 11.3 Å². The van der Waals surface area contributed by atoms with Crippen LogP contribution in [0.2, 0.25) is 0 Å². The molecule has 4 rings (SSSR count). The van der Waals surface area contributed by atoms with Crippen LogP contribution in [0, 0.1) is 6.92 Å². The number of methoxy groups -OCH3 is 1. The second kappa shape index (κ2) is 8.16. The first-order valence-corrected chi connectivity index (χ1v) is 10.2.